The van der Waals surface area contributed by atoms with Crippen molar-refractivity contribution < 1.29 is 4.55 Å². The largest absolute Gasteiger partial charge is 0.598 e. The summed E-state index contributed by atoms with van der Waals surface area (Å²) >= 11 is 0.900. The van der Waals surface area contributed by atoms with Crippen LogP contribution in [0, 0.1) is 10.6 Å². The lowest BCUT2D eigenvalue weighted by atomic mass is 10.0. The minimum absolute atomic E-state index is 0.113. The summed E-state index contributed by atoms with van der Waals surface area (Å²) in [5.41, 5.74) is 3.11. The summed E-state index contributed by atoms with van der Waals surface area (Å²) in [5.74, 6) is 0.556. The van der Waals surface area contributed by atoms with Crippen molar-refractivity contribution in [3.05, 3.63) is 55.6 Å². The molecule has 0 aliphatic carbocycles. The molecule has 0 aliphatic heterocycles. The van der Waals surface area contributed by atoms with Crippen LogP contribution in [0.15, 0.2) is 35.3 Å². The minimum atomic E-state index is -1.24. The van der Waals surface area contributed by atoms with Crippen molar-refractivity contribution >= 4 is 44.9 Å². The zero-order valence-electron chi connectivity index (χ0n) is 17.4. The molecule has 3 aromatic rings. The second-order valence-corrected chi connectivity index (χ2v) is 11.2. The molecule has 3 rings (SSSR count). The van der Waals surface area contributed by atoms with Crippen LogP contribution >= 0.6 is 22.6 Å². The van der Waals surface area contributed by atoms with Gasteiger partial charge in [0.15, 0.2) is 0 Å². The molecule has 0 spiro atoms. The van der Waals surface area contributed by atoms with Crippen molar-refractivity contribution in [3.8, 4) is 11.4 Å². The van der Waals surface area contributed by atoms with Crippen molar-refractivity contribution in [2.45, 2.75) is 45.4 Å². The highest BCUT2D eigenvalue weighted by Crippen LogP contribution is 2.27. The molecule has 6 nitrogen and oxygen atoms in total. The van der Waals surface area contributed by atoms with Gasteiger partial charge in [-0.05, 0) is 81.0 Å². The van der Waals surface area contributed by atoms with E-state index in [4.69, 9.17) is 4.98 Å². The maximum absolute atomic E-state index is 13.1. The third-order valence-electron chi connectivity index (χ3n) is 4.65. The van der Waals surface area contributed by atoms with Crippen LogP contribution in [-0.2, 0) is 18.4 Å². The van der Waals surface area contributed by atoms with Gasteiger partial charge in [0.05, 0.1) is 16.9 Å². The fourth-order valence-electron chi connectivity index (χ4n) is 3.05. The Morgan fingerprint density at radius 1 is 1.28 bits per heavy atom. The van der Waals surface area contributed by atoms with Crippen molar-refractivity contribution in [3.63, 3.8) is 0 Å². The number of nitrogens with one attached hydrogen (secondary N) is 1. The van der Waals surface area contributed by atoms with Crippen LogP contribution < -0.4 is 10.3 Å². The maximum Gasteiger partial charge on any atom is 0.261 e. The van der Waals surface area contributed by atoms with Crippen LogP contribution in [0.25, 0.3) is 22.3 Å². The van der Waals surface area contributed by atoms with Gasteiger partial charge in [0.1, 0.15) is 14.3 Å². The molecular weight excluding hydrogens is 499 g/mol. The second kappa shape index (κ2) is 8.33. The standard InChI is InChI=1S/C21H25IN4O2S/c1-12-9-15(13(2)25-29(28)21(3,4)5)18-16(10-12)20(27)26(6)19(24-18)14-7-8-17(22)23-11-14/h7-11,13,25H,1-6H3/t13?,29-/m1/s1. The average Bonchev–Trinajstić information content (AvgIpc) is 2.64. The first-order valence-corrected chi connectivity index (χ1v) is 11.5. The second-order valence-electron chi connectivity index (χ2n) is 8.14. The van der Waals surface area contributed by atoms with Gasteiger partial charge in [-0.25, -0.2) is 9.97 Å². The molecule has 0 saturated heterocycles. The van der Waals surface area contributed by atoms with Gasteiger partial charge in [-0.3, -0.25) is 9.36 Å². The Kier molecular flexibility index (Phi) is 6.38. The molecule has 1 aromatic carbocycles. The van der Waals surface area contributed by atoms with Gasteiger partial charge in [0.25, 0.3) is 5.56 Å². The summed E-state index contributed by atoms with van der Waals surface area (Å²) in [5, 5.41) is 0.555. The third kappa shape index (κ3) is 4.65. The molecule has 2 heterocycles. The van der Waals surface area contributed by atoms with E-state index in [1.54, 1.807) is 17.8 Å². The van der Waals surface area contributed by atoms with Crippen molar-refractivity contribution in [2.75, 3.05) is 0 Å². The molecule has 8 heteroatoms. The molecule has 0 fully saturated rings. The predicted molar refractivity (Wildman–Crippen MR) is 127 cm³/mol. The first-order valence-electron chi connectivity index (χ1n) is 9.30. The Bertz CT molecular complexity index is 1110. The molecule has 2 atom stereocenters. The highest BCUT2D eigenvalue weighted by molar-refractivity contribution is 14.1. The fourth-order valence-corrected chi connectivity index (χ4v) is 4.17. The number of hydrogen-bond donors (Lipinski definition) is 1. The summed E-state index contributed by atoms with van der Waals surface area (Å²) < 4.78 is 17.8. The Morgan fingerprint density at radius 2 is 1.97 bits per heavy atom. The summed E-state index contributed by atoms with van der Waals surface area (Å²) in [4.78, 5) is 22.3. The van der Waals surface area contributed by atoms with Crippen LogP contribution in [0.3, 0.4) is 0 Å². The number of pyridine rings is 1. The van der Waals surface area contributed by atoms with Gasteiger partial charge >= 0.3 is 0 Å². The molecule has 2 aromatic heterocycles. The van der Waals surface area contributed by atoms with Crippen LogP contribution in [0.4, 0.5) is 0 Å². The monoisotopic (exact) mass is 524 g/mol. The van der Waals surface area contributed by atoms with E-state index in [-0.39, 0.29) is 11.6 Å². The first-order chi connectivity index (χ1) is 13.5. The molecule has 1 N–H and O–H groups in total. The number of aromatic nitrogens is 3. The molecule has 1 unspecified atom stereocenters. The van der Waals surface area contributed by atoms with E-state index in [2.05, 4.69) is 32.3 Å². The van der Waals surface area contributed by atoms with E-state index in [0.717, 1.165) is 20.4 Å². The summed E-state index contributed by atoms with van der Waals surface area (Å²) in [6.45, 7) is 9.67. The van der Waals surface area contributed by atoms with E-state index < -0.39 is 16.1 Å². The Balaban J connectivity index is 2.20. The Labute approximate surface area is 187 Å². The van der Waals surface area contributed by atoms with Crippen molar-refractivity contribution in [2.24, 2.45) is 7.05 Å². The van der Waals surface area contributed by atoms with Crippen LogP contribution in [0.5, 0.6) is 0 Å². The third-order valence-corrected chi connectivity index (χ3v) is 6.96. The number of aryl methyl sites for hydroxylation is 1. The summed E-state index contributed by atoms with van der Waals surface area (Å²) in [7, 11) is 1.72. The van der Waals surface area contributed by atoms with Gasteiger partial charge in [-0.1, -0.05) is 6.07 Å². The molecule has 0 saturated carbocycles. The number of halogens is 1. The molecule has 0 bridgehead atoms. The minimum Gasteiger partial charge on any atom is -0.598 e. The maximum atomic E-state index is 13.1. The Morgan fingerprint density at radius 3 is 2.55 bits per heavy atom. The summed E-state index contributed by atoms with van der Waals surface area (Å²) in [6.07, 6.45) is 1.72. The number of fused-ring (bicyclic) bond motifs is 1. The zero-order chi connectivity index (χ0) is 21.5. The molecule has 0 amide bonds. The number of hydrogen-bond acceptors (Lipinski definition) is 5. The lowest BCUT2D eigenvalue weighted by Gasteiger charge is -2.27. The van der Waals surface area contributed by atoms with E-state index in [0.29, 0.717) is 16.7 Å². The van der Waals surface area contributed by atoms with E-state index in [9.17, 15) is 9.35 Å². The van der Waals surface area contributed by atoms with E-state index in [1.165, 1.54) is 0 Å². The fraction of sp³-hybridized carbons (Fsp3) is 0.381. The lowest BCUT2D eigenvalue weighted by molar-refractivity contribution is 0.531. The van der Waals surface area contributed by atoms with Crippen LogP contribution in [-0.4, -0.2) is 23.8 Å². The Hall–Kier alpha value is -1.49. The van der Waals surface area contributed by atoms with Crippen LogP contribution in [0.1, 0.15) is 44.9 Å². The van der Waals surface area contributed by atoms with Gasteiger partial charge < -0.3 is 4.55 Å². The quantitative estimate of drug-likeness (QED) is 0.317. The van der Waals surface area contributed by atoms with Gasteiger partial charge in [0, 0.05) is 35.7 Å². The van der Waals surface area contributed by atoms with Gasteiger partial charge in [-0.15, -0.1) is 4.72 Å². The predicted octanol–water partition coefficient (Wildman–Crippen LogP) is 4.02. The van der Waals surface area contributed by atoms with Crippen molar-refractivity contribution in [1.29, 1.82) is 0 Å². The van der Waals surface area contributed by atoms with E-state index in [1.807, 2.05) is 58.9 Å². The first kappa shape index (κ1) is 22.2. The lowest BCUT2D eigenvalue weighted by Crippen LogP contribution is -2.40. The average molecular weight is 524 g/mol. The molecule has 0 radical (unpaired) electrons. The topological polar surface area (TPSA) is 82.9 Å². The molecule has 154 valence electrons. The van der Waals surface area contributed by atoms with E-state index >= 15 is 0 Å². The van der Waals surface area contributed by atoms with Gasteiger partial charge in [-0.2, -0.15) is 0 Å². The molecule has 0 aliphatic rings. The zero-order valence-corrected chi connectivity index (χ0v) is 20.4. The highest BCUT2D eigenvalue weighted by atomic mass is 127. The summed E-state index contributed by atoms with van der Waals surface area (Å²) in [6, 6.07) is 7.42. The smallest absolute Gasteiger partial charge is 0.261 e. The number of benzene rings is 1. The number of rotatable bonds is 4. The molecular formula is C21H25IN4O2S. The molecule has 29 heavy (non-hydrogen) atoms. The van der Waals surface area contributed by atoms with Gasteiger partial charge in [0.2, 0.25) is 0 Å². The highest BCUT2D eigenvalue weighted by Gasteiger charge is 2.29. The van der Waals surface area contributed by atoms with Crippen LogP contribution in [0.2, 0.25) is 0 Å². The normalized spacial score (nSPS) is 14.2. The SMILES string of the molecule is Cc1cc(C(C)N[S@+]([O-])C(C)(C)C)c2nc(-c3ccc(I)nc3)n(C)c(=O)c2c1. The van der Waals surface area contributed by atoms with Crippen molar-refractivity contribution in [1.82, 2.24) is 19.3 Å². The number of nitrogens with zero attached hydrogens (tertiary/aromatic N) is 3.